The molecule has 0 aromatic carbocycles. The minimum absolute atomic E-state index is 0.306. The van der Waals surface area contributed by atoms with E-state index in [0.717, 1.165) is 0 Å². The fourth-order valence-corrected chi connectivity index (χ4v) is 1.00. The number of nitrogens with zero attached hydrogens (tertiary/aromatic N) is 1. The van der Waals surface area contributed by atoms with Crippen molar-refractivity contribution in [2.45, 2.75) is 0 Å². The molecule has 4 N–H and O–H groups in total. The topological polar surface area (TPSA) is 91.2 Å². The number of nitrogens with two attached hydrogens (primary N) is 2. The molecule has 0 spiro atoms. The molecular weight excluding hydrogens is 165 g/mol. The molecule has 1 aromatic heterocycles. The van der Waals surface area contributed by atoms with Crippen molar-refractivity contribution in [1.82, 2.24) is 4.98 Å². The Labute approximate surface area is 63.9 Å². The van der Waals surface area contributed by atoms with Gasteiger partial charge < -0.3 is 4.52 Å². The maximum atomic E-state index is 10.7. The molecule has 0 bridgehead atoms. The molecular formula is C5H8N3O2P. The van der Waals surface area contributed by atoms with Crippen molar-refractivity contribution >= 4 is 7.67 Å². The first-order valence-electron chi connectivity index (χ1n) is 2.85. The summed E-state index contributed by atoms with van der Waals surface area (Å²) in [5, 5.41) is 0. The fourth-order valence-electron chi connectivity index (χ4n) is 0.566. The van der Waals surface area contributed by atoms with Crippen LogP contribution in [-0.2, 0) is 4.57 Å². The van der Waals surface area contributed by atoms with Crippen molar-refractivity contribution in [3.63, 3.8) is 0 Å². The number of pyridine rings is 1. The zero-order valence-corrected chi connectivity index (χ0v) is 6.57. The van der Waals surface area contributed by atoms with Crippen molar-refractivity contribution in [1.29, 1.82) is 0 Å². The van der Waals surface area contributed by atoms with Gasteiger partial charge in [0.15, 0.2) is 0 Å². The van der Waals surface area contributed by atoms with Crippen LogP contribution in [0.1, 0.15) is 0 Å². The average Bonchev–Trinajstić information content (AvgIpc) is 1.85. The van der Waals surface area contributed by atoms with Gasteiger partial charge in [-0.25, -0.2) is 15.6 Å². The summed E-state index contributed by atoms with van der Waals surface area (Å²) in [7, 11) is -3.43. The summed E-state index contributed by atoms with van der Waals surface area (Å²) in [5.41, 5.74) is 9.90. The molecule has 0 unspecified atom stereocenters. The van der Waals surface area contributed by atoms with Gasteiger partial charge in [-0.2, -0.15) is 0 Å². The van der Waals surface area contributed by atoms with E-state index in [4.69, 9.17) is 11.0 Å². The lowest BCUT2D eigenvalue weighted by Gasteiger charge is -2.07. The Morgan fingerprint density at radius 2 is 2.27 bits per heavy atom. The van der Waals surface area contributed by atoms with Crippen molar-refractivity contribution in [2.75, 3.05) is 0 Å². The van der Waals surface area contributed by atoms with E-state index in [1.54, 1.807) is 18.3 Å². The summed E-state index contributed by atoms with van der Waals surface area (Å²) in [6.45, 7) is 0. The van der Waals surface area contributed by atoms with Gasteiger partial charge in [0, 0.05) is 6.20 Å². The number of rotatable bonds is 2. The zero-order valence-electron chi connectivity index (χ0n) is 5.68. The van der Waals surface area contributed by atoms with Crippen molar-refractivity contribution in [3.8, 4) is 5.75 Å². The molecule has 5 nitrogen and oxygen atoms in total. The summed E-state index contributed by atoms with van der Waals surface area (Å²) >= 11 is 0. The molecule has 0 saturated heterocycles. The Morgan fingerprint density at radius 3 is 2.73 bits per heavy atom. The molecule has 6 heteroatoms. The molecule has 0 saturated carbocycles. The molecule has 1 heterocycles. The van der Waals surface area contributed by atoms with Gasteiger partial charge in [-0.3, -0.25) is 4.98 Å². The van der Waals surface area contributed by atoms with Gasteiger partial charge in [0.05, 0.1) is 6.20 Å². The quantitative estimate of drug-likeness (QED) is 0.635. The van der Waals surface area contributed by atoms with E-state index >= 15 is 0 Å². The van der Waals surface area contributed by atoms with Crippen LogP contribution < -0.4 is 15.5 Å². The van der Waals surface area contributed by atoms with Crippen LogP contribution in [0, 0.1) is 0 Å². The van der Waals surface area contributed by atoms with Gasteiger partial charge in [-0.05, 0) is 12.1 Å². The van der Waals surface area contributed by atoms with Crippen LogP contribution in [0.25, 0.3) is 0 Å². The van der Waals surface area contributed by atoms with E-state index in [0.29, 0.717) is 5.75 Å². The maximum Gasteiger partial charge on any atom is 0.385 e. The summed E-state index contributed by atoms with van der Waals surface area (Å²) in [5.74, 6) is 0.306. The minimum Gasteiger partial charge on any atom is -0.421 e. The molecule has 0 atom stereocenters. The first-order chi connectivity index (χ1) is 5.08. The van der Waals surface area contributed by atoms with Crippen LogP contribution in [0.5, 0.6) is 5.75 Å². The van der Waals surface area contributed by atoms with Crippen molar-refractivity contribution < 1.29 is 9.09 Å². The first-order valence-corrected chi connectivity index (χ1v) is 4.61. The maximum absolute atomic E-state index is 10.7. The SMILES string of the molecule is NP(N)(=O)Oc1cccnc1. The molecule has 0 aliphatic rings. The minimum atomic E-state index is -3.43. The van der Waals surface area contributed by atoms with Crippen LogP contribution in [0.4, 0.5) is 0 Å². The monoisotopic (exact) mass is 173 g/mol. The number of hydrogen-bond donors (Lipinski definition) is 2. The predicted octanol–water partition coefficient (Wildman–Crippen LogP) is 0.486. The van der Waals surface area contributed by atoms with Crippen LogP contribution in [0.15, 0.2) is 24.5 Å². The fraction of sp³-hybridized carbons (Fsp3) is 0. The van der Waals surface area contributed by atoms with Gasteiger partial charge in [0.25, 0.3) is 0 Å². The Balaban J connectivity index is 2.74. The van der Waals surface area contributed by atoms with Gasteiger partial charge in [0.2, 0.25) is 0 Å². The highest BCUT2D eigenvalue weighted by molar-refractivity contribution is 7.54. The highest BCUT2D eigenvalue weighted by Crippen LogP contribution is 2.28. The van der Waals surface area contributed by atoms with E-state index in [1.807, 2.05) is 0 Å². The molecule has 0 fully saturated rings. The molecule has 11 heavy (non-hydrogen) atoms. The molecule has 1 rings (SSSR count). The first kappa shape index (κ1) is 8.20. The molecule has 1 aromatic rings. The average molecular weight is 173 g/mol. The molecule has 0 amide bonds. The van der Waals surface area contributed by atoms with Crippen molar-refractivity contribution in [2.24, 2.45) is 11.0 Å². The summed E-state index contributed by atoms with van der Waals surface area (Å²) in [6.07, 6.45) is 2.94. The second kappa shape index (κ2) is 3.00. The van der Waals surface area contributed by atoms with Gasteiger partial charge in [-0.15, -0.1) is 0 Å². The van der Waals surface area contributed by atoms with Crippen LogP contribution in [-0.4, -0.2) is 4.98 Å². The lowest BCUT2D eigenvalue weighted by atomic mass is 10.5. The summed E-state index contributed by atoms with van der Waals surface area (Å²) in [6, 6.07) is 3.20. The Kier molecular flexibility index (Phi) is 2.24. The standard InChI is InChI=1S/C5H8N3O2P/c6-11(7,9)10-5-2-1-3-8-4-5/h1-4H,(H4,6,7,9). The van der Waals surface area contributed by atoms with Gasteiger partial charge in [-0.1, -0.05) is 0 Å². The van der Waals surface area contributed by atoms with Crippen LogP contribution in [0.3, 0.4) is 0 Å². The highest BCUT2D eigenvalue weighted by Gasteiger charge is 2.09. The van der Waals surface area contributed by atoms with E-state index in [-0.39, 0.29) is 0 Å². The van der Waals surface area contributed by atoms with Gasteiger partial charge in [0.1, 0.15) is 5.75 Å². The van der Waals surface area contributed by atoms with E-state index in [9.17, 15) is 4.57 Å². The van der Waals surface area contributed by atoms with E-state index in [2.05, 4.69) is 9.51 Å². The Hall–Kier alpha value is -0.900. The third-order valence-electron chi connectivity index (χ3n) is 0.882. The van der Waals surface area contributed by atoms with E-state index in [1.165, 1.54) is 6.20 Å². The highest BCUT2D eigenvalue weighted by atomic mass is 31.2. The number of aromatic nitrogens is 1. The summed E-state index contributed by atoms with van der Waals surface area (Å²) < 4.78 is 15.3. The zero-order chi connectivity index (χ0) is 8.32. The van der Waals surface area contributed by atoms with E-state index < -0.39 is 7.67 Å². The van der Waals surface area contributed by atoms with Crippen molar-refractivity contribution in [3.05, 3.63) is 24.5 Å². The smallest absolute Gasteiger partial charge is 0.385 e. The lowest BCUT2D eigenvalue weighted by Crippen LogP contribution is -2.10. The molecule has 0 radical (unpaired) electrons. The Bertz CT molecular complexity index is 270. The summed E-state index contributed by atoms with van der Waals surface area (Å²) in [4.78, 5) is 3.71. The molecule has 0 aliphatic carbocycles. The molecule has 0 aliphatic heterocycles. The van der Waals surface area contributed by atoms with Crippen LogP contribution in [0.2, 0.25) is 0 Å². The predicted molar refractivity (Wildman–Crippen MR) is 40.8 cm³/mol. The van der Waals surface area contributed by atoms with Crippen LogP contribution >= 0.6 is 7.67 Å². The van der Waals surface area contributed by atoms with Gasteiger partial charge >= 0.3 is 7.67 Å². The third-order valence-corrected chi connectivity index (χ3v) is 1.38. The Morgan fingerprint density at radius 1 is 1.55 bits per heavy atom. The lowest BCUT2D eigenvalue weighted by molar-refractivity contribution is 0.483. The molecule has 60 valence electrons. The third kappa shape index (κ3) is 3.13. The normalized spacial score (nSPS) is 11.1. The number of hydrogen-bond acceptors (Lipinski definition) is 3. The second-order valence-corrected chi connectivity index (χ2v) is 3.40. The largest absolute Gasteiger partial charge is 0.421 e. The second-order valence-electron chi connectivity index (χ2n) is 1.93.